The summed E-state index contributed by atoms with van der Waals surface area (Å²) in [6.45, 7) is 0. The van der Waals surface area contributed by atoms with Gasteiger partial charge in [-0.1, -0.05) is 42.5 Å². The normalized spacial score (nSPS) is 23.6. The van der Waals surface area contributed by atoms with Crippen LogP contribution >= 0.6 is 0 Å². The number of fused-ring (bicyclic) bond motifs is 1. The number of para-hydroxylation sites is 2. The number of hydrogen-bond donors (Lipinski definition) is 2. The van der Waals surface area contributed by atoms with Gasteiger partial charge in [0.05, 0.1) is 11.0 Å². The van der Waals surface area contributed by atoms with Gasteiger partial charge in [-0.05, 0) is 72.8 Å². The highest BCUT2D eigenvalue weighted by molar-refractivity contribution is 6.10. The molecule has 2 heterocycles. The van der Waals surface area contributed by atoms with E-state index < -0.39 is 5.97 Å². The van der Waals surface area contributed by atoms with Crippen molar-refractivity contribution in [2.75, 3.05) is 0 Å². The fraction of sp³-hybridized carbons (Fsp3) is 0.346. The van der Waals surface area contributed by atoms with Crippen LogP contribution in [0.15, 0.2) is 59.6 Å². The van der Waals surface area contributed by atoms with Gasteiger partial charge >= 0.3 is 5.97 Å². The Kier molecular flexibility index (Phi) is 5.41. The van der Waals surface area contributed by atoms with Crippen molar-refractivity contribution in [1.29, 1.82) is 0 Å². The van der Waals surface area contributed by atoms with E-state index in [2.05, 4.69) is 40.3 Å². The van der Waals surface area contributed by atoms with Crippen molar-refractivity contribution in [2.24, 2.45) is 10.9 Å². The van der Waals surface area contributed by atoms with Gasteiger partial charge in [0.25, 0.3) is 0 Å². The molecule has 1 saturated carbocycles. The molecule has 5 nitrogen and oxygen atoms in total. The van der Waals surface area contributed by atoms with E-state index in [4.69, 9.17) is 10.1 Å². The van der Waals surface area contributed by atoms with Crippen LogP contribution < -0.4 is 0 Å². The van der Waals surface area contributed by atoms with Crippen LogP contribution in [0.1, 0.15) is 67.4 Å². The number of aliphatic imine (C=N–C) groups is 1. The molecule has 5 heteroatoms. The highest BCUT2D eigenvalue weighted by atomic mass is 16.4. The minimum Gasteiger partial charge on any atom is -0.481 e. The molecule has 1 unspecified atom stereocenters. The minimum atomic E-state index is -0.669. The molecule has 2 aromatic carbocycles. The molecule has 0 spiro atoms. The first kappa shape index (κ1) is 19.7. The molecule has 0 radical (unpaired) electrons. The molecule has 1 aromatic heterocycles. The maximum absolute atomic E-state index is 10.9. The average Bonchev–Trinajstić information content (AvgIpc) is 3.24. The predicted octanol–water partition coefficient (Wildman–Crippen LogP) is 5.91. The molecule has 158 valence electrons. The Balaban J connectivity index is 1.22. The lowest BCUT2D eigenvalue weighted by atomic mass is 9.77. The number of aromatic nitrogens is 2. The number of dihydropyridines is 1. The highest BCUT2D eigenvalue weighted by Gasteiger charge is 2.24. The summed E-state index contributed by atoms with van der Waals surface area (Å²) < 4.78 is 0. The highest BCUT2D eigenvalue weighted by Crippen LogP contribution is 2.37. The smallest absolute Gasteiger partial charge is 0.303 e. The first-order valence-corrected chi connectivity index (χ1v) is 11.2. The van der Waals surface area contributed by atoms with Crippen LogP contribution in [0.5, 0.6) is 0 Å². The van der Waals surface area contributed by atoms with Gasteiger partial charge in [0.2, 0.25) is 0 Å². The lowest BCUT2D eigenvalue weighted by molar-refractivity contribution is -0.138. The molecule has 1 aliphatic heterocycles. The zero-order chi connectivity index (χ0) is 21.2. The summed E-state index contributed by atoms with van der Waals surface area (Å²) in [7, 11) is 0. The van der Waals surface area contributed by atoms with Gasteiger partial charge in [0, 0.05) is 12.6 Å². The molecule has 0 bridgehead atoms. The first-order valence-electron chi connectivity index (χ1n) is 11.2. The maximum Gasteiger partial charge on any atom is 0.303 e. The third kappa shape index (κ3) is 4.31. The number of aromatic amines is 1. The van der Waals surface area contributed by atoms with Crippen molar-refractivity contribution in [2.45, 2.75) is 50.5 Å². The van der Waals surface area contributed by atoms with Gasteiger partial charge < -0.3 is 10.1 Å². The summed E-state index contributed by atoms with van der Waals surface area (Å²) in [6.07, 6.45) is 9.56. The third-order valence-electron chi connectivity index (χ3n) is 6.70. The monoisotopic (exact) mass is 413 g/mol. The predicted molar refractivity (Wildman–Crippen MR) is 123 cm³/mol. The summed E-state index contributed by atoms with van der Waals surface area (Å²) >= 11 is 0. The van der Waals surface area contributed by atoms with Gasteiger partial charge in [-0.3, -0.25) is 9.79 Å². The van der Waals surface area contributed by atoms with E-state index in [1.54, 1.807) is 0 Å². The van der Waals surface area contributed by atoms with Crippen molar-refractivity contribution >= 4 is 28.8 Å². The number of aliphatic carboxylic acids is 1. The van der Waals surface area contributed by atoms with E-state index in [-0.39, 0.29) is 6.04 Å². The summed E-state index contributed by atoms with van der Waals surface area (Å²) in [5.41, 5.74) is 5.75. The SMILES string of the molecule is O=C(O)CC1CCC(c2ccc(C3=CCC(c4nc5ccccc5[nH]4)N=C3)cc2)CC1. The van der Waals surface area contributed by atoms with Gasteiger partial charge in [-0.2, -0.15) is 0 Å². The number of carbonyl (C=O) groups is 1. The number of carboxylic acid groups (broad SMARTS) is 1. The number of H-pyrrole nitrogens is 1. The third-order valence-corrected chi connectivity index (χ3v) is 6.70. The van der Waals surface area contributed by atoms with Crippen LogP contribution in [0.4, 0.5) is 0 Å². The van der Waals surface area contributed by atoms with E-state index in [1.165, 1.54) is 11.1 Å². The van der Waals surface area contributed by atoms with E-state index in [9.17, 15) is 4.79 Å². The molecule has 1 fully saturated rings. The Morgan fingerprint density at radius 2 is 1.81 bits per heavy atom. The van der Waals surface area contributed by atoms with Crippen molar-refractivity contribution in [1.82, 2.24) is 9.97 Å². The van der Waals surface area contributed by atoms with Crippen LogP contribution in [0, 0.1) is 5.92 Å². The van der Waals surface area contributed by atoms with Gasteiger partial charge in [-0.15, -0.1) is 0 Å². The largest absolute Gasteiger partial charge is 0.481 e. The second kappa shape index (κ2) is 8.50. The lowest BCUT2D eigenvalue weighted by Crippen LogP contribution is -2.16. The summed E-state index contributed by atoms with van der Waals surface area (Å²) in [5.74, 6) is 1.14. The molecule has 5 rings (SSSR count). The standard InChI is InChI=1S/C26H27N3O2/c30-25(31)15-17-5-7-18(8-6-17)19-9-11-20(12-10-19)21-13-14-24(27-16-21)26-28-22-3-1-2-4-23(22)29-26/h1-4,9-13,16-18,24H,5-8,14-15H2,(H,28,29)(H,30,31). The molecule has 2 N–H and O–H groups in total. The van der Waals surface area contributed by atoms with E-state index >= 15 is 0 Å². The van der Waals surface area contributed by atoms with Crippen LogP contribution in [-0.4, -0.2) is 27.3 Å². The van der Waals surface area contributed by atoms with Crippen molar-refractivity contribution in [3.63, 3.8) is 0 Å². The molecule has 2 aliphatic rings. The number of nitrogens with zero attached hydrogens (tertiary/aromatic N) is 2. The fourth-order valence-corrected chi connectivity index (χ4v) is 4.92. The number of nitrogens with one attached hydrogen (secondary N) is 1. The molecule has 31 heavy (non-hydrogen) atoms. The maximum atomic E-state index is 10.9. The van der Waals surface area contributed by atoms with Crippen LogP contribution in [-0.2, 0) is 4.79 Å². The van der Waals surface area contributed by atoms with Crippen molar-refractivity contribution in [3.8, 4) is 0 Å². The summed E-state index contributed by atoms with van der Waals surface area (Å²) in [6, 6.07) is 17.0. The summed E-state index contributed by atoms with van der Waals surface area (Å²) in [5, 5.41) is 9.00. The van der Waals surface area contributed by atoms with Gasteiger partial charge in [-0.25, -0.2) is 4.98 Å². The Labute approximate surface area is 181 Å². The Morgan fingerprint density at radius 1 is 1.03 bits per heavy atom. The quantitative estimate of drug-likeness (QED) is 0.546. The van der Waals surface area contributed by atoms with E-state index in [1.807, 2.05) is 30.5 Å². The molecule has 0 amide bonds. The number of rotatable bonds is 5. The molecular weight excluding hydrogens is 386 g/mol. The average molecular weight is 414 g/mol. The zero-order valence-electron chi connectivity index (χ0n) is 17.5. The van der Waals surface area contributed by atoms with Gasteiger partial charge in [0.1, 0.15) is 11.9 Å². The van der Waals surface area contributed by atoms with Gasteiger partial charge in [0.15, 0.2) is 0 Å². The molecule has 0 saturated heterocycles. The number of benzene rings is 2. The van der Waals surface area contributed by atoms with E-state index in [0.717, 1.165) is 54.5 Å². The molecule has 3 aromatic rings. The second-order valence-electron chi connectivity index (χ2n) is 8.77. The first-order chi connectivity index (χ1) is 15.2. The Bertz CT molecular complexity index is 1100. The topological polar surface area (TPSA) is 78.3 Å². The van der Waals surface area contributed by atoms with Crippen LogP contribution in [0.2, 0.25) is 0 Å². The Hall–Kier alpha value is -3.21. The van der Waals surface area contributed by atoms with Crippen molar-refractivity contribution < 1.29 is 9.90 Å². The second-order valence-corrected chi connectivity index (χ2v) is 8.77. The minimum absolute atomic E-state index is 0.0383. The number of allylic oxidation sites excluding steroid dienone is 1. The number of carboxylic acids is 1. The molecule has 1 atom stereocenters. The molecule has 1 aliphatic carbocycles. The van der Waals surface area contributed by atoms with Crippen LogP contribution in [0.25, 0.3) is 16.6 Å². The number of imidazole rings is 1. The Morgan fingerprint density at radius 3 is 2.48 bits per heavy atom. The van der Waals surface area contributed by atoms with Crippen LogP contribution in [0.3, 0.4) is 0 Å². The van der Waals surface area contributed by atoms with E-state index in [0.29, 0.717) is 18.3 Å². The fourth-order valence-electron chi connectivity index (χ4n) is 4.92. The molecular formula is C26H27N3O2. The van der Waals surface area contributed by atoms with Crippen molar-refractivity contribution in [3.05, 3.63) is 71.6 Å². The number of hydrogen-bond acceptors (Lipinski definition) is 3. The lowest BCUT2D eigenvalue weighted by Gasteiger charge is -2.28. The zero-order valence-corrected chi connectivity index (χ0v) is 17.5. The summed E-state index contributed by atoms with van der Waals surface area (Å²) in [4.78, 5) is 23.8.